The van der Waals surface area contributed by atoms with Crippen LogP contribution in [0.2, 0.25) is 0 Å². The van der Waals surface area contributed by atoms with Crippen molar-refractivity contribution >= 4 is 5.91 Å². The Balaban J connectivity index is 1.90. The highest BCUT2D eigenvalue weighted by Gasteiger charge is 2.12. The van der Waals surface area contributed by atoms with E-state index in [4.69, 9.17) is 4.74 Å². The van der Waals surface area contributed by atoms with Crippen LogP contribution in [-0.4, -0.2) is 31.0 Å². The van der Waals surface area contributed by atoms with Gasteiger partial charge in [-0.15, -0.1) is 0 Å². The van der Waals surface area contributed by atoms with Crippen LogP contribution < -0.4 is 4.74 Å². The summed E-state index contributed by atoms with van der Waals surface area (Å²) >= 11 is 0. The summed E-state index contributed by atoms with van der Waals surface area (Å²) in [6, 6.07) is 15.5. The van der Waals surface area contributed by atoms with Crippen LogP contribution in [0, 0.1) is 13.8 Å². The van der Waals surface area contributed by atoms with Crippen LogP contribution in [0.5, 0.6) is 5.75 Å². The predicted octanol–water partition coefficient (Wildman–Crippen LogP) is 3.45. The Morgan fingerprint density at radius 2 is 1.67 bits per heavy atom. The molecule has 2 aromatic carbocycles. The Kier molecular flexibility index (Phi) is 4.99. The Bertz CT molecular complexity index is 588. The Morgan fingerprint density at radius 1 is 1.05 bits per heavy atom. The molecule has 0 saturated carbocycles. The zero-order valence-corrected chi connectivity index (χ0v) is 12.8. The zero-order chi connectivity index (χ0) is 15.2. The van der Waals surface area contributed by atoms with Crippen LogP contribution in [0.4, 0.5) is 0 Å². The number of ether oxygens (including phenoxy) is 1. The zero-order valence-electron chi connectivity index (χ0n) is 12.8. The third-order valence-corrected chi connectivity index (χ3v) is 3.25. The number of benzene rings is 2. The molecule has 0 aliphatic rings. The van der Waals surface area contributed by atoms with Crippen molar-refractivity contribution in [2.75, 3.05) is 20.2 Å². The number of likely N-dealkylation sites (N-methyl/N-ethyl adjacent to an activating group) is 1. The standard InChI is InChI=1S/C18H21NO2/c1-14-11-15(2)13-16(12-14)18(20)19(3)9-10-21-17-7-5-4-6-8-17/h4-8,11-13H,9-10H2,1-3H3. The average Bonchev–Trinajstić information content (AvgIpc) is 2.46. The smallest absolute Gasteiger partial charge is 0.253 e. The van der Waals surface area contributed by atoms with Gasteiger partial charge in [0.1, 0.15) is 12.4 Å². The van der Waals surface area contributed by atoms with Crippen LogP contribution in [0.15, 0.2) is 48.5 Å². The normalized spacial score (nSPS) is 10.2. The molecule has 0 atom stereocenters. The molecule has 2 aromatic rings. The lowest BCUT2D eigenvalue weighted by Crippen LogP contribution is -2.31. The number of aryl methyl sites for hydroxylation is 2. The molecular weight excluding hydrogens is 262 g/mol. The highest BCUT2D eigenvalue weighted by Crippen LogP contribution is 2.11. The minimum Gasteiger partial charge on any atom is -0.492 e. The van der Waals surface area contributed by atoms with Gasteiger partial charge in [0.15, 0.2) is 0 Å². The fraction of sp³-hybridized carbons (Fsp3) is 0.278. The van der Waals surface area contributed by atoms with Crippen LogP contribution in [-0.2, 0) is 0 Å². The molecule has 0 spiro atoms. The van der Waals surface area contributed by atoms with Crippen molar-refractivity contribution in [3.05, 3.63) is 65.2 Å². The highest BCUT2D eigenvalue weighted by molar-refractivity contribution is 5.94. The second kappa shape index (κ2) is 6.93. The number of hydrogen-bond acceptors (Lipinski definition) is 2. The number of rotatable bonds is 5. The van der Waals surface area contributed by atoms with Crippen molar-refractivity contribution in [3.8, 4) is 5.75 Å². The Morgan fingerprint density at radius 3 is 2.29 bits per heavy atom. The molecule has 3 nitrogen and oxygen atoms in total. The molecule has 0 aromatic heterocycles. The van der Waals surface area contributed by atoms with Gasteiger partial charge < -0.3 is 9.64 Å². The summed E-state index contributed by atoms with van der Waals surface area (Å²) in [5.74, 6) is 0.850. The monoisotopic (exact) mass is 283 g/mol. The largest absolute Gasteiger partial charge is 0.492 e. The fourth-order valence-corrected chi connectivity index (χ4v) is 2.24. The van der Waals surface area contributed by atoms with Crippen LogP contribution in [0.1, 0.15) is 21.5 Å². The minimum atomic E-state index is 0.0264. The summed E-state index contributed by atoms with van der Waals surface area (Å²) in [6.07, 6.45) is 0. The minimum absolute atomic E-state index is 0.0264. The molecule has 0 unspecified atom stereocenters. The first-order chi connectivity index (χ1) is 10.1. The van der Waals surface area contributed by atoms with E-state index in [9.17, 15) is 4.79 Å². The van der Waals surface area contributed by atoms with Crippen molar-refractivity contribution in [2.24, 2.45) is 0 Å². The molecule has 0 heterocycles. The van der Waals surface area contributed by atoms with Crippen LogP contribution in [0.25, 0.3) is 0 Å². The van der Waals surface area contributed by atoms with Gasteiger partial charge in [-0.05, 0) is 38.1 Å². The van der Waals surface area contributed by atoms with Crippen molar-refractivity contribution in [3.63, 3.8) is 0 Å². The molecule has 0 aliphatic carbocycles. The summed E-state index contributed by atoms with van der Waals surface area (Å²) in [6.45, 7) is 5.04. The van der Waals surface area contributed by atoms with Gasteiger partial charge in [0.05, 0.1) is 6.54 Å². The maximum atomic E-state index is 12.4. The Hall–Kier alpha value is -2.29. The second-order valence-corrected chi connectivity index (χ2v) is 5.26. The quantitative estimate of drug-likeness (QED) is 0.841. The number of amides is 1. The van der Waals surface area contributed by atoms with Gasteiger partial charge in [0.2, 0.25) is 0 Å². The van der Waals surface area contributed by atoms with E-state index >= 15 is 0 Å². The lowest BCUT2D eigenvalue weighted by atomic mass is 10.1. The molecule has 0 saturated heterocycles. The van der Waals surface area contributed by atoms with Crippen molar-refractivity contribution in [2.45, 2.75) is 13.8 Å². The topological polar surface area (TPSA) is 29.5 Å². The summed E-state index contributed by atoms with van der Waals surface area (Å²) in [7, 11) is 1.80. The summed E-state index contributed by atoms with van der Waals surface area (Å²) in [5, 5.41) is 0. The summed E-state index contributed by atoms with van der Waals surface area (Å²) < 4.78 is 5.62. The molecule has 1 amide bonds. The number of nitrogens with zero attached hydrogens (tertiary/aromatic N) is 1. The maximum absolute atomic E-state index is 12.4. The van der Waals surface area contributed by atoms with Gasteiger partial charge in [-0.2, -0.15) is 0 Å². The van der Waals surface area contributed by atoms with E-state index in [1.807, 2.05) is 56.3 Å². The fourth-order valence-electron chi connectivity index (χ4n) is 2.24. The number of hydrogen-bond donors (Lipinski definition) is 0. The van der Waals surface area contributed by atoms with E-state index in [2.05, 4.69) is 6.07 Å². The first kappa shape index (κ1) is 15.1. The van der Waals surface area contributed by atoms with Crippen molar-refractivity contribution in [1.29, 1.82) is 0 Å². The molecule has 21 heavy (non-hydrogen) atoms. The molecule has 110 valence electrons. The third-order valence-electron chi connectivity index (χ3n) is 3.25. The van der Waals surface area contributed by atoms with E-state index in [-0.39, 0.29) is 5.91 Å². The number of carbonyl (C=O) groups is 1. The second-order valence-electron chi connectivity index (χ2n) is 5.26. The van der Waals surface area contributed by atoms with E-state index in [0.29, 0.717) is 13.2 Å². The van der Waals surface area contributed by atoms with Gasteiger partial charge in [0.25, 0.3) is 5.91 Å². The van der Waals surface area contributed by atoms with Crippen molar-refractivity contribution < 1.29 is 9.53 Å². The van der Waals surface area contributed by atoms with Gasteiger partial charge in [0, 0.05) is 12.6 Å². The molecule has 0 N–H and O–H groups in total. The SMILES string of the molecule is Cc1cc(C)cc(C(=O)N(C)CCOc2ccccc2)c1. The predicted molar refractivity (Wildman–Crippen MR) is 84.8 cm³/mol. The van der Waals surface area contributed by atoms with Gasteiger partial charge in [-0.25, -0.2) is 0 Å². The maximum Gasteiger partial charge on any atom is 0.253 e. The lowest BCUT2D eigenvalue weighted by molar-refractivity contribution is 0.0773. The van der Waals surface area contributed by atoms with Crippen LogP contribution >= 0.6 is 0 Å². The molecule has 2 rings (SSSR count). The van der Waals surface area contributed by atoms with Gasteiger partial charge >= 0.3 is 0 Å². The summed E-state index contributed by atoms with van der Waals surface area (Å²) in [4.78, 5) is 14.1. The van der Waals surface area contributed by atoms with Crippen molar-refractivity contribution in [1.82, 2.24) is 4.90 Å². The van der Waals surface area contributed by atoms with E-state index in [1.54, 1.807) is 11.9 Å². The van der Waals surface area contributed by atoms with Crippen LogP contribution in [0.3, 0.4) is 0 Å². The number of para-hydroxylation sites is 1. The van der Waals surface area contributed by atoms with E-state index in [1.165, 1.54) is 0 Å². The van der Waals surface area contributed by atoms with E-state index < -0.39 is 0 Å². The average molecular weight is 283 g/mol. The first-order valence-corrected chi connectivity index (χ1v) is 7.08. The molecule has 0 radical (unpaired) electrons. The Labute approximate surface area is 126 Å². The summed E-state index contributed by atoms with van der Waals surface area (Å²) in [5.41, 5.74) is 2.94. The highest BCUT2D eigenvalue weighted by atomic mass is 16.5. The lowest BCUT2D eigenvalue weighted by Gasteiger charge is -2.18. The molecule has 0 bridgehead atoms. The molecule has 3 heteroatoms. The first-order valence-electron chi connectivity index (χ1n) is 7.08. The molecule has 0 fully saturated rings. The molecular formula is C18H21NO2. The van der Waals surface area contributed by atoms with Gasteiger partial charge in [-0.3, -0.25) is 4.79 Å². The van der Waals surface area contributed by atoms with E-state index in [0.717, 1.165) is 22.4 Å². The third kappa shape index (κ3) is 4.35. The van der Waals surface area contributed by atoms with Gasteiger partial charge in [-0.1, -0.05) is 35.4 Å². The molecule has 0 aliphatic heterocycles. The number of carbonyl (C=O) groups excluding carboxylic acids is 1.